The van der Waals surface area contributed by atoms with E-state index in [-0.39, 0.29) is 0 Å². The minimum atomic E-state index is 0.366. The molecule has 1 fully saturated rings. The van der Waals surface area contributed by atoms with Gasteiger partial charge in [-0.05, 0) is 49.6 Å². The van der Waals surface area contributed by atoms with Crippen LogP contribution in [0.15, 0.2) is 55.1 Å². The first-order chi connectivity index (χ1) is 14.2. The third kappa shape index (κ3) is 3.29. The van der Waals surface area contributed by atoms with E-state index in [0.717, 1.165) is 59.9 Å². The van der Waals surface area contributed by atoms with Gasteiger partial charge in [0.05, 0.1) is 11.1 Å². The van der Waals surface area contributed by atoms with E-state index in [1.165, 1.54) is 5.56 Å². The first-order valence-corrected chi connectivity index (χ1v) is 10.1. The summed E-state index contributed by atoms with van der Waals surface area (Å²) in [6.45, 7) is 3.70. The molecule has 148 valence electrons. The van der Waals surface area contributed by atoms with Crippen molar-refractivity contribution in [1.82, 2.24) is 19.1 Å². The van der Waals surface area contributed by atoms with Crippen molar-refractivity contribution in [2.75, 3.05) is 18.5 Å². The molecule has 0 amide bonds. The third-order valence-corrected chi connectivity index (χ3v) is 5.64. The molecule has 0 saturated carbocycles. The molecule has 0 unspecified atom stereocenters. The summed E-state index contributed by atoms with van der Waals surface area (Å²) in [6, 6.07) is 13.1. The molecule has 5 rings (SSSR count). The number of hydrogen-bond donors (Lipinski definition) is 1. The predicted octanol–water partition coefficient (Wildman–Crippen LogP) is 4.33. The van der Waals surface area contributed by atoms with Gasteiger partial charge in [0, 0.05) is 49.9 Å². The number of nitrogens with one attached hydrogen (secondary N) is 1. The van der Waals surface area contributed by atoms with Crippen LogP contribution in [0.25, 0.3) is 28.0 Å². The Kier molecular flexibility index (Phi) is 4.56. The fourth-order valence-electron chi connectivity index (χ4n) is 4.12. The number of anilines is 1. The molecule has 0 aliphatic carbocycles. The number of nitrogens with zero attached hydrogens (tertiary/aromatic N) is 4. The van der Waals surface area contributed by atoms with Gasteiger partial charge in [0.15, 0.2) is 5.65 Å². The van der Waals surface area contributed by atoms with Crippen molar-refractivity contribution >= 4 is 16.9 Å². The number of fused-ring (bicyclic) bond motifs is 1. The van der Waals surface area contributed by atoms with Gasteiger partial charge in [0.2, 0.25) is 0 Å². The van der Waals surface area contributed by atoms with Crippen LogP contribution in [-0.2, 0) is 11.8 Å². The highest BCUT2D eigenvalue weighted by Gasteiger charge is 2.21. The van der Waals surface area contributed by atoms with E-state index in [1.807, 2.05) is 0 Å². The van der Waals surface area contributed by atoms with Gasteiger partial charge in [-0.3, -0.25) is 0 Å². The maximum atomic E-state index is 5.52. The monoisotopic (exact) mass is 387 g/mol. The van der Waals surface area contributed by atoms with Crippen LogP contribution in [0.2, 0.25) is 0 Å². The van der Waals surface area contributed by atoms with E-state index in [2.05, 4.69) is 87.2 Å². The molecule has 1 aliphatic rings. The molecule has 29 heavy (non-hydrogen) atoms. The Morgan fingerprint density at radius 2 is 1.97 bits per heavy atom. The summed E-state index contributed by atoms with van der Waals surface area (Å²) in [5.74, 6) is 0.893. The zero-order valence-corrected chi connectivity index (χ0v) is 16.8. The Morgan fingerprint density at radius 3 is 2.72 bits per heavy atom. The zero-order chi connectivity index (χ0) is 19.8. The maximum Gasteiger partial charge on any atom is 0.150 e. The SMILES string of the molecule is Cc1cccc(-n2cc(-c3cccn3C)c3c(NC4CCOCC4)ncnc32)c1. The molecule has 6 heteroatoms. The Balaban J connectivity index is 1.71. The van der Waals surface area contributed by atoms with E-state index in [1.54, 1.807) is 6.33 Å². The lowest BCUT2D eigenvalue weighted by Gasteiger charge is -2.24. The number of aromatic nitrogens is 4. The largest absolute Gasteiger partial charge is 0.381 e. The number of rotatable bonds is 4. The molecule has 0 spiro atoms. The average molecular weight is 387 g/mol. The third-order valence-electron chi connectivity index (χ3n) is 5.64. The van der Waals surface area contributed by atoms with Crippen LogP contribution in [0.4, 0.5) is 5.82 Å². The van der Waals surface area contributed by atoms with Gasteiger partial charge in [0.1, 0.15) is 12.1 Å². The topological polar surface area (TPSA) is 56.9 Å². The Hall–Kier alpha value is -3.12. The smallest absolute Gasteiger partial charge is 0.150 e. The van der Waals surface area contributed by atoms with E-state index < -0.39 is 0 Å². The lowest BCUT2D eigenvalue weighted by Crippen LogP contribution is -2.28. The standard InChI is InChI=1S/C23H25N5O/c1-16-5-3-6-18(13-16)28-14-19(20-7-4-10-27(20)2)21-22(24-15-25-23(21)28)26-17-8-11-29-12-9-17/h3-7,10,13-15,17H,8-9,11-12H2,1-2H3,(H,24,25,26). The summed E-state index contributed by atoms with van der Waals surface area (Å²) in [7, 11) is 2.07. The molecule has 0 bridgehead atoms. The van der Waals surface area contributed by atoms with E-state index in [9.17, 15) is 0 Å². The second kappa shape index (κ2) is 7.37. The number of aryl methyl sites for hydroxylation is 2. The van der Waals surface area contributed by atoms with Crippen LogP contribution >= 0.6 is 0 Å². The fourth-order valence-corrected chi connectivity index (χ4v) is 4.12. The van der Waals surface area contributed by atoms with Crippen LogP contribution in [0.5, 0.6) is 0 Å². The molecule has 1 N–H and O–H groups in total. The number of benzene rings is 1. The van der Waals surface area contributed by atoms with Crippen LogP contribution in [0.1, 0.15) is 18.4 Å². The summed E-state index contributed by atoms with van der Waals surface area (Å²) < 4.78 is 9.82. The van der Waals surface area contributed by atoms with Crippen LogP contribution in [-0.4, -0.2) is 38.4 Å². The molecule has 4 aromatic rings. The van der Waals surface area contributed by atoms with Crippen molar-refractivity contribution < 1.29 is 4.74 Å². The first-order valence-electron chi connectivity index (χ1n) is 10.1. The van der Waals surface area contributed by atoms with Crippen molar-refractivity contribution in [2.24, 2.45) is 7.05 Å². The van der Waals surface area contributed by atoms with Gasteiger partial charge < -0.3 is 19.2 Å². The van der Waals surface area contributed by atoms with Crippen LogP contribution in [0, 0.1) is 6.92 Å². The second-order valence-electron chi connectivity index (χ2n) is 7.71. The van der Waals surface area contributed by atoms with Gasteiger partial charge in [-0.15, -0.1) is 0 Å². The lowest BCUT2D eigenvalue weighted by molar-refractivity contribution is 0.0904. The summed E-state index contributed by atoms with van der Waals surface area (Å²) in [5, 5.41) is 4.73. The van der Waals surface area contributed by atoms with Gasteiger partial charge >= 0.3 is 0 Å². The minimum Gasteiger partial charge on any atom is -0.381 e. The van der Waals surface area contributed by atoms with Crippen molar-refractivity contribution in [3.05, 3.63) is 60.7 Å². The highest BCUT2D eigenvalue weighted by atomic mass is 16.5. The fraction of sp³-hybridized carbons (Fsp3) is 0.304. The number of ether oxygens (including phenoxy) is 1. The number of hydrogen-bond acceptors (Lipinski definition) is 4. The molecule has 4 heterocycles. The van der Waals surface area contributed by atoms with E-state index in [4.69, 9.17) is 4.74 Å². The molecular weight excluding hydrogens is 362 g/mol. The molecule has 3 aromatic heterocycles. The maximum absolute atomic E-state index is 5.52. The predicted molar refractivity (Wildman–Crippen MR) is 115 cm³/mol. The van der Waals surface area contributed by atoms with Gasteiger partial charge in [0.25, 0.3) is 0 Å². The summed E-state index contributed by atoms with van der Waals surface area (Å²) in [4.78, 5) is 9.32. The summed E-state index contributed by atoms with van der Waals surface area (Å²) >= 11 is 0. The van der Waals surface area contributed by atoms with E-state index >= 15 is 0 Å². The summed E-state index contributed by atoms with van der Waals surface area (Å²) in [5.41, 5.74) is 5.51. The van der Waals surface area contributed by atoms with Gasteiger partial charge in [-0.25, -0.2) is 9.97 Å². The Morgan fingerprint density at radius 1 is 1.10 bits per heavy atom. The Labute approximate surface area is 170 Å². The van der Waals surface area contributed by atoms with Gasteiger partial charge in [-0.2, -0.15) is 0 Å². The highest BCUT2D eigenvalue weighted by molar-refractivity contribution is 6.01. The zero-order valence-electron chi connectivity index (χ0n) is 16.8. The molecule has 0 radical (unpaired) electrons. The first kappa shape index (κ1) is 17.9. The van der Waals surface area contributed by atoms with Crippen molar-refractivity contribution in [3.8, 4) is 16.9 Å². The van der Waals surface area contributed by atoms with Crippen molar-refractivity contribution in [3.63, 3.8) is 0 Å². The molecule has 1 aliphatic heterocycles. The molecule has 1 aromatic carbocycles. The average Bonchev–Trinajstić information content (AvgIpc) is 3.33. The molecule has 1 saturated heterocycles. The second-order valence-corrected chi connectivity index (χ2v) is 7.71. The van der Waals surface area contributed by atoms with Crippen LogP contribution < -0.4 is 5.32 Å². The minimum absolute atomic E-state index is 0.366. The normalized spacial score (nSPS) is 15.1. The highest BCUT2D eigenvalue weighted by Crippen LogP contribution is 2.36. The molecule has 6 nitrogen and oxygen atoms in total. The molecule has 0 atom stereocenters. The molecular formula is C23H25N5O. The quantitative estimate of drug-likeness (QED) is 0.566. The lowest BCUT2D eigenvalue weighted by atomic mass is 10.1. The van der Waals surface area contributed by atoms with E-state index in [0.29, 0.717) is 6.04 Å². The summed E-state index contributed by atoms with van der Waals surface area (Å²) in [6.07, 6.45) is 7.89. The van der Waals surface area contributed by atoms with Crippen molar-refractivity contribution in [2.45, 2.75) is 25.8 Å². The van der Waals surface area contributed by atoms with Crippen molar-refractivity contribution in [1.29, 1.82) is 0 Å². The Bertz CT molecular complexity index is 1150. The van der Waals surface area contributed by atoms with Crippen LogP contribution in [0.3, 0.4) is 0 Å². The van der Waals surface area contributed by atoms with Gasteiger partial charge in [-0.1, -0.05) is 12.1 Å².